The minimum atomic E-state index is -0.592. The molecule has 6 heteroatoms. The minimum absolute atomic E-state index is 0.0720. The van der Waals surface area contributed by atoms with Gasteiger partial charge in [-0.2, -0.15) is 0 Å². The van der Waals surface area contributed by atoms with Crippen LogP contribution >= 0.6 is 0 Å². The van der Waals surface area contributed by atoms with Gasteiger partial charge in [0.05, 0.1) is 7.11 Å². The van der Waals surface area contributed by atoms with Crippen molar-refractivity contribution in [2.45, 2.75) is 5.92 Å². The number of ether oxygens (including phenoxy) is 2. The zero-order valence-corrected chi connectivity index (χ0v) is 19.9. The molecule has 1 aliphatic carbocycles. The number of carbonyl (C=O) groups excluding carboxylic acids is 2. The van der Waals surface area contributed by atoms with Crippen LogP contribution in [0.5, 0.6) is 5.75 Å². The van der Waals surface area contributed by atoms with Crippen LogP contribution in [0.25, 0.3) is 11.1 Å². The quantitative estimate of drug-likeness (QED) is 0.349. The van der Waals surface area contributed by atoms with Crippen molar-refractivity contribution in [2.75, 3.05) is 30.5 Å². The molecule has 0 aromatic heterocycles. The predicted octanol–water partition coefficient (Wildman–Crippen LogP) is 6.09. The second-order valence-electron chi connectivity index (χ2n) is 8.50. The van der Waals surface area contributed by atoms with E-state index < -0.39 is 6.09 Å². The zero-order valence-electron chi connectivity index (χ0n) is 19.9. The van der Waals surface area contributed by atoms with Crippen molar-refractivity contribution in [3.63, 3.8) is 0 Å². The first-order valence-electron chi connectivity index (χ1n) is 11.8. The summed E-state index contributed by atoms with van der Waals surface area (Å²) in [5, 5.41) is 2.83. The summed E-state index contributed by atoms with van der Waals surface area (Å²) in [4.78, 5) is 27.5. The summed E-state index contributed by atoms with van der Waals surface area (Å²) in [7, 11) is 1.58. The molecule has 5 rings (SSSR count). The zero-order chi connectivity index (χ0) is 24.9. The molecular formula is C30H26N2O4. The molecule has 180 valence electrons. The lowest BCUT2D eigenvalue weighted by atomic mass is 9.98. The Morgan fingerprint density at radius 3 is 1.97 bits per heavy atom. The molecule has 4 aromatic carbocycles. The first-order valence-corrected chi connectivity index (χ1v) is 11.8. The number of carbonyl (C=O) groups is 2. The molecule has 0 saturated carbocycles. The monoisotopic (exact) mass is 478 g/mol. The van der Waals surface area contributed by atoms with Crippen molar-refractivity contribution in [2.24, 2.45) is 0 Å². The number of benzene rings is 4. The average Bonchev–Trinajstić information content (AvgIpc) is 3.24. The van der Waals surface area contributed by atoms with Crippen LogP contribution in [0, 0.1) is 0 Å². The second kappa shape index (κ2) is 10.4. The number of nitrogens with zero attached hydrogens (tertiary/aromatic N) is 1. The van der Waals surface area contributed by atoms with Gasteiger partial charge in [-0.1, -0.05) is 66.7 Å². The molecule has 0 fully saturated rings. The summed E-state index contributed by atoms with van der Waals surface area (Å²) in [5.74, 6) is 0.253. The Hall–Kier alpha value is -4.58. The van der Waals surface area contributed by atoms with Crippen LogP contribution in [0.2, 0.25) is 0 Å². The normalized spacial score (nSPS) is 11.8. The van der Waals surface area contributed by atoms with Gasteiger partial charge in [-0.05, 0) is 58.7 Å². The van der Waals surface area contributed by atoms with Gasteiger partial charge >= 0.3 is 6.09 Å². The van der Waals surface area contributed by atoms with Crippen LogP contribution < -0.4 is 15.0 Å². The maximum absolute atomic E-state index is 13.4. The molecule has 1 N–H and O–H groups in total. The number of hydrogen-bond donors (Lipinski definition) is 1. The lowest BCUT2D eigenvalue weighted by Gasteiger charge is -2.23. The van der Waals surface area contributed by atoms with Crippen LogP contribution in [0.1, 0.15) is 17.0 Å². The van der Waals surface area contributed by atoms with Gasteiger partial charge < -0.3 is 14.8 Å². The highest BCUT2D eigenvalue weighted by atomic mass is 16.6. The number of methoxy groups -OCH3 is 1. The van der Waals surface area contributed by atoms with Gasteiger partial charge in [-0.15, -0.1) is 0 Å². The van der Waals surface area contributed by atoms with E-state index >= 15 is 0 Å². The van der Waals surface area contributed by atoms with E-state index in [0.717, 1.165) is 22.3 Å². The van der Waals surface area contributed by atoms with Crippen molar-refractivity contribution in [3.8, 4) is 16.9 Å². The summed E-state index contributed by atoms with van der Waals surface area (Å²) in [6, 6.07) is 32.4. The van der Waals surface area contributed by atoms with Crippen molar-refractivity contribution in [3.05, 3.63) is 114 Å². The maximum atomic E-state index is 13.4. The van der Waals surface area contributed by atoms with E-state index in [1.165, 1.54) is 4.90 Å². The summed E-state index contributed by atoms with van der Waals surface area (Å²) < 4.78 is 11.1. The van der Waals surface area contributed by atoms with E-state index in [-0.39, 0.29) is 25.0 Å². The van der Waals surface area contributed by atoms with Crippen molar-refractivity contribution < 1.29 is 19.1 Å². The first kappa shape index (κ1) is 23.2. The Labute approximate surface area is 210 Å². The Morgan fingerprint density at radius 2 is 1.36 bits per heavy atom. The predicted molar refractivity (Wildman–Crippen MR) is 140 cm³/mol. The molecule has 1 aliphatic rings. The van der Waals surface area contributed by atoms with Crippen LogP contribution in [-0.2, 0) is 9.53 Å². The molecule has 6 nitrogen and oxygen atoms in total. The van der Waals surface area contributed by atoms with Gasteiger partial charge in [0.15, 0.2) is 0 Å². The van der Waals surface area contributed by atoms with E-state index in [1.54, 1.807) is 43.5 Å². The number of rotatable bonds is 7. The molecule has 0 saturated heterocycles. The van der Waals surface area contributed by atoms with Crippen molar-refractivity contribution in [1.82, 2.24) is 0 Å². The molecule has 0 unspecified atom stereocenters. The summed E-state index contributed by atoms with van der Waals surface area (Å²) >= 11 is 0. The van der Waals surface area contributed by atoms with Crippen molar-refractivity contribution in [1.29, 1.82) is 0 Å². The standard InChI is InChI=1S/C30H26N2O4/c1-35-23-17-15-22(16-18-23)32(19-29(33)31-21-9-3-2-4-10-21)30(34)36-20-28-26-13-7-5-11-24(26)25-12-6-8-14-27(25)28/h2-18,28H,19-20H2,1H3,(H,31,33). The number of anilines is 2. The van der Waals surface area contributed by atoms with E-state index in [2.05, 4.69) is 29.6 Å². The summed E-state index contributed by atoms with van der Waals surface area (Å²) in [6.45, 7) is -0.0300. The van der Waals surface area contributed by atoms with Gasteiger partial charge in [0.2, 0.25) is 5.91 Å². The fourth-order valence-corrected chi connectivity index (χ4v) is 4.56. The molecule has 0 spiro atoms. The molecule has 0 aliphatic heterocycles. The lowest BCUT2D eigenvalue weighted by molar-refractivity contribution is -0.115. The SMILES string of the molecule is COc1ccc(N(CC(=O)Nc2ccccc2)C(=O)OCC2c3ccccc3-c3ccccc32)cc1. The number of nitrogens with one attached hydrogen (secondary N) is 1. The van der Waals surface area contributed by atoms with Crippen LogP contribution in [-0.4, -0.2) is 32.3 Å². The average molecular weight is 479 g/mol. The fourth-order valence-electron chi connectivity index (χ4n) is 4.56. The smallest absolute Gasteiger partial charge is 0.414 e. The van der Waals surface area contributed by atoms with E-state index in [1.807, 2.05) is 42.5 Å². The van der Waals surface area contributed by atoms with Gasteiger partial charge in [0, 0.05) is 17.3 Å². The third-order valence-corrected chi connectivity index (χ3v) is 6.30. The molecule has 0 radical (unpaired) electrons. The maximum Gasteiger partial charge on any atom is 0.414 e. The molecule has 4 aromatic rings. The molecule has 36 heavy (non-hydrogen) atoms. The Balaban J connectivity index is 1.35. The minimum Gasteiger partial charge on any atom is -0.497 e. The summed E-state index contributed by atoms with van der Waals surface area (Å²) in [6.07, 6.45) is -0.592. The third-order valence-electron chi connectivity index (χ3n) is 6.30. The third kappa shape index (κ3) is 4.79. The number of amides is 2. The highest BCUT2D eigenvalue weighted by molar-refractivity contribution is 6.00. The Bertz CT molecular complexity index is 1320. The first-order chi connectivity index (χ1) is 17.6. The Morgan fingerprint density at radius 1 is 0.778 bits per heavy atom. The molecule has 2 amide bonds. The van der Waals surface area contributed by atoms with Gasteiger partial charge in [-0.25, -0.2) is 4.79 Å². The number of para-hydroxylation sites is 1. The van der Waals surface area contributed by atoms with Crippen LogP contribution in [0.15, 0.2) is 103 Å². The lowest BCUT2D eigenvalue weighted by Crippen LogP contribution is -2.39. The van der Waals surface area contributed by atoms with Gasteiger partial charge in [0.1, 0.15) is 18.9 Å². The van der Waals surface area contributed by atoms with Crippen molar-refractivity contribution >= 4 is 23.4 Å². The number of hydrogen-bond acceptors (Lipinski definition) is 4. The molecular weight excluding hydrogens is 452 g/mol. The second-order valence-corrected chi connectivity index (χ2v) is 8.50. The highest BCUT2D eigenvalue weighted by Crippen LogP contribution is 2.44. The van der Waals surface area contributed by atoms with E-state index in [0.29, 0.717) is 17.1 Å². The molecule has 0 heterocycles. The molecule has 0 bridgehead atoms. The van der Waals surface area contributed by atoms with Crippen LogP contribution in [0.3, 0.4) is 0 Å². The van der Waals surface area contributed by atoms with E-state index in [4.69, 9.17) is 9.47 Å². The molecule has 0 atom stereocenters. The fraction of sp³-hybridized carbons (Fsp3) is 0.133. The topological polar surface area (TPSA) is 67.9 Å². The highest BCUT2D eigenvalue weighted by Gasteiger charge is 2.30. The largest absolute Gasteiger partial charge is 0.497 e. The summed E-state index contributed by atoms with van der Waals surface area (Å²) in [5.41, 5.74) is 5.77. The van der Waals surface area contributed by atoms with Crippen LogP contribution in [0.4, 0.5) is 16.2 Å². The van der Waals surface area contributed by atoms with E-state index in [9.17, 15) is 9.59 Å². The number of fused-ring (bicyclic) bond motifs is 3. The van der Waals surface area contributed by atoms with Gasteiger partial charge in [0.25, 0.3) is 0 Å². The Kier molecular flexibility index (Phi) is 6.67. The van der Waals surface area contributed by atoms with Gasteiger partial charge in [-0.3, -0.25) is 9.69 Å².